The van der Waals surface area contributed by atoms with Gasteiger partial charge in [-0.2, -0.15) is 13.2 Å². The molecule has 2 rings (SSSR count). The Labute approximate surface area is 139 Å². The zero-order valence-corrected chi connectivity index (χ0v) is 13.5. The first-order valence-electron chi connectivity index (χ1n) is 7.11. The third-order valence-corrected chi connectivity index (χ3v) is 4.51. The lowest BCUT2D eigenvalue weighted by atomic mass is 9.81. The van der Waals surface area contributed by atoms with Gasteiger partial charge in [-0.3, -0.25) is 0 Å². The van der Waals surface area contributed by atoms with Gasteiger partial charge in [-0.1, -0.05) is 36.9 Å². The summed E-state index contributed by atoms with van der Waals surface area (Å²) >= 11 is 5.59. The van der Waals surface area contributed by atoms with Crippen molar-refractivity contribution < 1.29 is 18.3 Å². The number of aliphatic hydroxyl groups is 1. The van der Waals surface area contributed by atoms with Crippen molar-refractivity contribution >= 4 is 24.0 Å². The van der Waals surface area contributed by atoms with Gasteiger partial charge in [0, 0.05) is 0 Å². The van der Waals surface area contributed by atoms with E-state index in [0.717, 1.165) is 38.2 Å². The van der Waals surface area contributed by atoms with Crippen LogP contribution in [0, 0.1) is 5.92 Å². The lowest BCUT2D eigenvalue weighted by Crippen LogP contribution is -2.34. The molecule has 1 aromatic rings. The van der Waals surface area contributed by atoms with Crippen LogP contribution in [0.1, 0.15) is 49.3 Å². The summed E-state index contributed by atoms with van der Waals surface area (Å²) in [7, 11) is 0. The Hall–Kier alpha value is -0.490. The molecular formula is C15H20Cl2F3NO. The van der Waals surface area contributed by atoms with Crippen LogP contribution in [0.4, 0.5) is 13.2 Å². The maximum absolute atomic E-state index is 12.9. The van der Waals surface area contributed by atoms with Gasteiger partial charge in [-0.15, -0.1) is 12.4 Å². The van der Waals surface area contributed by atoms with Crippen molar-refractivity contribution in [2.45, 2.75) is 50.4 Å². The zero-order chi connectivity index (χ0) is 15.6. The fourth-order valence-electron chi connectivity index (χ4n) is 2.93. The maximum Gasteiger partial charge on any atom is 0.417 e. The van der Waals surface area contributed by atoms with E-state index in [4.69, 9.17) is 17.3 Å². The van der Waals surface area contributed by atoms with E-state index < -0.39 is 23.9 Å². The van der Waals surface area contributed by atoms with Crippen LogP contribution in [0.2, 0.25) is 5.02 Å². The fraction of sp³-hybridized carbons (Fsp3) is 0.600. The van der Waals surface area contributed by atoms with E-state index >= 15 is 0 Å². The van der Waals surface area contributed by atoms with Crippen LogP contribution in [-0.2, 0) is 6.18 Å². The molecule has 0 amide bonds. The standard InChI is InChI=1S/C15H19ClF3NO.ClH/c16-12-7-6-10(8-11(12)15(17,18)19)13(20)14(21)9-4-2-1-3-5-9;/h6-9,13-14,21H,1-5,20H2;1H/t13-,14+;/m1./s1. The van der Waals surface area contributed by atoms with Gasteiger partial charge < -0.3 is 10.8 Å². The normalized spacial score (nSPS) is 19.4. The van der Waals surface area contributed by atoms with Crippen molar-refractivity contribution in [3.8, 4) is 0 Å². The molecule has 7 heteroatoms. The second kappa shape index (κ2) is 7.86. The third kappa shape index (κ3) is 4.51. The molecular weight excluding hydrogens is 338 g/mol. The summed E-state index contributed by atoms with van der Waals surface area (Å²) < 4.78 is 38.6. The minimum Gasteiger partial charge on any atom is -0.391 e. The van der Waals surface area contributed by atoms with Crippen molar-refractivity contribution in [2.24, 2.45) is 11.7 Å². The van der Waals surface area contributed by atoms with Crippen molar-refractivity contribution in [3.05, 3.63) is 34.3 Å². The van der Waals surface area contributed by atoms with Crippen LogP contribution in [0.3, 0.4) is 0 Å². The number of halogens is 5. The molecule has 0 bridgehead atoms. The molecule has 1 aliphatic rings. The molecule has 1 fully saturated rings. The molecule has 2 nitrogen and oxygen atoms in total. The molecule has 0 aliphatic heterocycles. The second-order valence-electron chi connectivity index (χ2n) is 5.65. The summed E-state index contributed by atoms with van der Waals surface area (Å²) in [6.07, 6.45) is -0.414. The van der Waals surface area contributed by atoms with Crippen molar-refractivity contribution in [1.29, 1.82) is 0 Å². The molecule has 0 radical (unpaired) electrons. The lowest BCUT2D eigenvalue weighted by molar-refractivity contribution is -0.137. The van der Waals surface area contributed by atoms with Gasteiger partial charge in [0.25, 0.3) is 0 Å². The van der Waals surface area contributed by atoms with E-state index in [1.54, 1.807) is 0 Å². The van der Waals surface area contributed by atoms with Crippen LogP contribution in [0.5, 0.6) is 0 Å². The average molecular weight is 358 g/mol. The average Bonchev–Trinajstić information content (AvgIpc) is 2.46. The Balaban J connectivity index is 0.00000242. The van der Waals surface area contributed by atoms with Gasteiger partial charge in [0.2, 0.25) is 0 Å². The molecule has 0 heterocycles. The van der Waals surface area contributed by atoms with Gasteiger partial charge in [0.05, 0.1) is 22.7 Å². The number of aliphatic hydroxyl groups excluding tert-OH is 1. The van der Waals surface area contributed by atoms with Gasteiger partial charge in [0.1, 0.15) is 0 Å². The molecule has 2 atom stereocenters. The molecule has 1 saturated carbocycles. The second-order valence-corrected chi connectivity index (χ2v) is 6.06. The largest absolute Gasteiger partial charge is 0.417 e. The number of alkyl halides is 3. The lowest BCUT2D eigenvalue weighted by Gasteiger charge is -2.30. The van der Waals surface area contributed by atoms with Gasteiger partial charge >= 0.3 is 6.18 Å². The van der Waals surface area contributed by atoms with Gasteiger partial charge in [0.15, 0.2) is 0 Å². The highest BCUT2D eigenvalue weighted by Crippen LogP contribution is 2.37. The minimum absolute atomic E-state index is 0. The van der Waals surface area contributed by atoms with Crippen molar-refractivity contribution in [1.82, 2.24) is 0 Å². The van der Waals surface area contributed by atoms with Crippen molar-refractivity contribution in [3.63, 3.8) is 0 Å². The monoisotopic (exact) mass is 357 g/mol. The summed E-state index contributed by atoms with van der Waals surface area (Å²) in [6, 6.07) is 2.76. The quantitative estimate of drug-likeness (QED) is 0.821. The Bertz CT molecular complexity index is 490. The highest BCUT2D eigenvalue weighted by Gasteiger charge is 2.35. The summed E-state index contributed by atoms with van der Waals surface area (Å²) in [6.45, 7) is 0. The smallest absolute Gasteiger partial charge is 0.391 e. The number of benzene rings is 1. The van der Waals surface area contributed by atoms with E-state index in [0.29, 0.717) is 0 Å². The molecule has 0 aromatic heterocycles. The van der Waals surface area contributed by atoms with E-state index in [2.05, 4.69) is 0 Å². The minimum atomic E-state index is -4.53. The Morgan fingerprint density at radius 1 is 1.18 bits per heavy atom. The molecule has 126 valence electrons. The first-order chi connectivity index (χ1) is 9.80. The van der Waals surface area contributed by atoms with Crippen LogP contribution >= 0.6 is 24.0 Å². The summed E-state index contributed by atoms with van der Waals surface area (Å²) in [4.78, 5) is 0. The third-order valence-electron chi connectivity index (χ3n) is 4.18. The van der Waals surface area contributed by atoms with Crippen molar-refractivity contribution in [2.75, 3.05) is 0 Å². The summed E-state index contributed by atoms with van der Waals surface area (Å²) in [5, 5.41) is 9.96. The number of hydrogen-bond acceptors (Lipinski definition) is 2. The molecule has 1 aromatic carbocycles. The highest BCUT2D eigenvalue weighted by atomic mass is 35.5. The molecule has 0 saturated heterocycles. The molecule has 0 spiro atoms. The highest BCUT2D eigenvalue weighted by molar-refractivity contribution is 6.31. The van der Waals surface area contributed by atoms with E-state index in [9.17, 15) is 18.3 Å². The summed E-state index contributed by atoms with van der Waals surface area (Å²) in [5.41, 5.74) is 5.33. The zero-order valence-electron chi connectivity index (χ0n) is 11.9. The first-order valence-corrected chi connectivity index (χ1v) is 7.49. The maximum atomic E-state index is 12.9. The Morgan fingerprint density at radius 2 is 1.77 bits per heavy atom. The SMILES string of the molecule is Cl.N[C@H](c1ccc(Cl)c(C(F)(F)F)c1)[C@@H](O)C1CCCCC1. The van der Waals surface area contributed by atoms with Crippen LogP contribution in [-0.4, -0.2) is 11.2 Å². The fourth-order valence-corrected chi connectivity index (χ4v) is 3.16. The first kappa shape index (κ1) is 19.6. The molecule has 22 heavy (non-hydrogen) atoms. The van der Waals surface area contributed by atoms with E-state index in [1.807, 2.05) is 0 Å². The predicted octanol–water partition coefficient (Wildman–Crippen LogP) is 4.72. The Kier molecular flexibility index (Phi) is 6.99. The van der Waals surface area contributed by atoms with E-state index in [-0.39, 0.29) is 28.9 Å². The van der Waals surface area contributed by atoms with Crippen LogP contribution in [0.15, 0.2) is 18.2 Å². The molecule has 0 unspecified atom stereocenters. The van der Waals surface area contributed by atoms with Crippen LogP contribution in [0.25, 0.3) is 0 Å². The topological polar surface area (TPSA) is 46.2 Å². The van der Waals surface area contributed by atoms with E-state index in [1.165, 1.54) is 12.1 Å². The van der Waals surface area contributed by atoms with Gasteiger partial charge in [-0.05, 0) is 36.5 Å². The number of hydrogen-bond donors (Lipinski definition) is 2. The summed E-state index contributed by atoms with van der Waals surface area (Å²) in [5.74, 6) is 0.0544. The number of nitrogens with two attached hydrogens (primary N) is 1. The number of rotatable bonds is 3. The Morgan fingerprint density at radius 3 is 2.32 bits per heavy atom. The molecule has 3 N–H and O–H groups in total. The molecule has 1 aliphatic carbocycles. The predicted molar refractivity (Wildman–Crippen MR) is 83.2 cm³/mol. The van der Waals surface area contributed by atoms with Gasteiger partial charge in [-0.25, -0.2) is 0 Å². The van der Waals surface area contributed by atoms with Crippen LogP contribution < -0.4 is 5.73 Å².